The number of carbonyl (C=O) groups is 1. The molecule has 3 unspecified atom stereocenters. The lowest BCUT2D eigenvalue weighted by Crippen LogP contribution is -2.67. The highest BCUT2D eigenvalue weighted by molar-refractivity contribution is 6.99. The second-order valence-corrected chi connectivity index (χ2v) is 20.7. The lowest BCUT2D eigenvalue weighted by atomic mass is 9.72. The Labute approximate surface area is 300 Å². The summed E-state index contributed by atoms with van der Waals surface area (Å²) in [5.41, 5.74) is -0.673. The molecule has 2 fully saturated rings. The fraction of sp³-hybridized carbons (Fsp3) is 0.690. The number of hydrogen-bond acceptors (Lipinski definition) is 6. The Balaban J connectivity index is 0.00000650. The number of benzene rings is 2. The molecule has 2 saturated heterocycles. The third-order valence-corrected chi connectivity index (χ3v) is 15.8. The van der Waals surface area contributed by atoms with Gasteiger partial charge in [0.25, 0.3) is 8.32 Å². The van der Waals surface area contributed by atoms with Crippen LogP contribution in [0.15, 0.2) is 60.7 Å². The normalized spacial score (nSPS) is 22.7. The van der Waals surface area contributed by atoms with Gasteiger partial charge in [0.05, 0.1) is 24.2 Å². The van der Waals surface area contributed by atoms with Gasteiger partial charge in [-0.3, -0.25) is 4.79 Å². The minimum absolute atomic E-state index is 0. The highest BCUT2D eigenvalue weighted by Gasteiger charge is 2.51. The van der Waals surface area contributed by atoms with Crippen LogP contribution < -0.4 is 10.4 Å². The van der Waals surface area contributed by atoms with Crippen molar-refractivity contribution in [1.29, 1.82) is 0 Å². The smallest absolute Gasteiger partial charge is 0.261 e. The van der Waals surface area contributed by atoms with Crippen molar-refractivity contribution in [2.75, 3.05) is 13.2 Å². The zero-order valence-electron chi connectivity index (χ0n) is 31.6. The van der Waals surface area contributed by atoms with Crippen LogP contribution in [0.25, 0.3) is 0 Å². The molecular formula is C42H68O6Si. The van der Waals surface area contributed by atoms with Crippen LogP contribution in [0.2, 0.25) is 5.04 Å². The standard InChI is InChI=1S/C41H64O6Si.CH4/c1-30(20-19-21-31(2)47-48(39(4,5)6,33-22-13-11-14-23-33)34-24-15-12-16-25-34)37(45-36-26-17-18-28-43-36)32(3)38(42)40(7,8)35-27-29-44-41(9,10)46-35;/h11-16,22-25,30-32,35-37H,17-21,26-29H2,1-10H3;1H4/t30-,31?,32+,35-,36?,37?;/m0./s1. The molecule has 49 heavy (non-hydrogen) atoms. The Morgan fingerprint density at radius 2 is 1.47 bits per heavy atom. The minimum atomic E-state index is -2.63. The molecule has 6 nitrogen and oxygen atoms in total. The van der Waals surface area contributed by atoms with E-state index in [1.807, 2.05) is 34.6 Å². The summed E-state index contributed by atoms with van der Waals surface area (Å²) in [6.07, 6.45) is 5.90. The van der Waals surface area contributed by atoms with E-state index < -0.39 is 19.5 Å². The van der Waals surface area contributed by atoms with Crippen molar-refractivity contribution in [2.45, 2.75) is 157 Å². The maximum absolute atomic E-state index is 14.3. The van der Waals surface area contributed by atoms with Crippen LogP contribution in [-0.4, -0.2) is 57.7 Å². The molecular weight excluding hydrogens is 629 g/mol. The molecule has 0 aromatic heterocycles. The quantitative estimate of drug-likeness (QED) is 0.173. The van der Waals surface area contributed by atoms with E-state index in [4.69, 9.17) is 23.4 Å². The van der Waals surface area contributed by atoms with Crippen LogP contribution >= 0.6 is 0 Å². The van der Waals surface area contributed by atoms with Crippen LogP contribution in [0.5, 0.6) is 0 Å². The maximum Gasteiger partial charge on any atom is 0.261 e. The van der Waals surface area contributed by atoms with Crippen LogP contribution in [-0.2, 0) is 28.2 Å². The number of hydrogen-bond donors (Lipinski definition) is 0. The molecule has 2 heterocycles. The Hall–Kier alpha value is -1.87. The highest BCUT2D eigenvalue weighted by atomic mass is 28.4. The molecule has 2 aromatic carbocycles. The molecule has 0 amide bonds. The third-order valence-electron chi connectivity index (χ3n) is 10.7. The van der Waals surface area contributed by atoms with E-state index in [1.54, 1.807) is 0 Å². The van der Waals surface area contributed by atoms with Crippen molar-refractivity contribution in [3.8, 4) is 0 Å². The summed E-state index contributed by atoms with van der Waals surface area (Å²) < 4.78 is 32.2. The number of ketones is 1. The molecule has 276 valence electrons. The van der Waals surface area contributed by atoms with Crippen LogP contribution in [0, 0.1) is 17.3 Å². The van der Waals surface area contributed by atoms with Gasteiger partial charge in [-0.2, -0.15) is 0 Å². The van der Waals surface area contributed by atoms with Gasteiger partial charge in [-0.25, -0.2) is 0 Å². The van der Waals surface area contributed by atoms with Crippen molar-refractivity contribution in [2.24, 2.45) is 17.3 Å². The fourth-order valence-corrected chi connectivity index (χ4v) is 12.7. The maximum atomic E-state index is 14.3. The lowest BCUT2D eigenvalue weighted by Gasteiger charge is -2.45. The number of ether oxygens (including phenoxy) is 4. The van der Waals surface area contributed by atoms with Crippen molar-refractivity contribution in [3.05, 3.63) is 60.7 Å². The van der Waals surface area contributed by atoms with Crippen LogP contribution in [0.1, 0.15) is 122 Å². The predicted molar refractivity (Wildman–Crippen MR) is 204 cm³/mol. The monoisotopic (exact) mass is 696 g/mol. The second kappa shape index (κ2) is 17.6. The number of rotatable bonds is 15. The molecule has 0 N–H and O–H groups in total. The van der Waals surface area contributed by atoms with Crippen molar-refractivity contribution in [1.82, 2.24) is 0 Å². The topological polar surface area (TPSA) is 63.2 Å². The van der Waals surface area contributed by atoms with Crippen LogP contribution in [0.4, 0.5) is 0 Å². The average Bonchev–Trinajstić information content (AvgIpc) is 3.05. The molecule has 7 heteroatoms. The van der Waals surface area contributed by atoms with Gasteiger partial charge >= 0.3 is 0 Å². The second-order valence-electron chi connectivity index (χ2n) is 16.4. The third kappa shape index (κ3) is 10.1. The lowest BCUT2D eigenvalue weighted by molar-refractivity contribution is -0.289. The highest BCUT2D eigenvalue weighted by Crippen LogP contribution is 2.40. The van der Waals surface area contributed by atoms with Crippen molar-refractivity contribution >= 4 is 24.5 Å². The summed E-state index contributed by atoms with van der Waals surface area (Å²) in [4.78, 5) is 14.3. The van der Waals surface area contributed by atoms with E-state index in [0.29, 0.717) is 19.6 Å². The van der Waals surface area contributed by atoms with Gasteiger partial charge in [-0.1, -0.05) is 123 Å². The van der Waals surface area contributed by atoms with E-state index in [9.17, 15) is 4.79 Å². The first-order chi connectivity index (χ1) is 22.6. The molecule has 0 spiro atoms. The molecule has 0 bridgehead atoms. The van der Waals surface area contributed by atoms with E-state index in [2.05, 4.69) is 95.3 Å². The number of carbonyl (C=O) groups excluding carboxylic acids is 1. The van der Waals surface area contributed by atoms with Gasteiger partial charge in [0.1, 0.15) is 5.78 Å². The zero-order valence-corrected chi connectivity index (χ0v) is 32.6. The van der Waals surface area contributed by atoms with E-state index >= 15 is 0 Å². The van der Waals surface area contributed by atoms with Crippen molar-refractivity contribution < 1.29 is 28.2 Å². The summed E-state index contributed by atoms with van der Waals surface area (Å²) in [5.74, 6) is -0.657. The van der Waals surface area contributed by atoms with Gasteiger partial charge in [0.2, 0.25) is 0 Å². The van der Waals surface area contributed by atoms with E-state index in [1.165, 1.54) is 10.4 Å². The van der Waals surface area contributed by atoms with Gasteiger partial charge in [-0.05, 0) is 80.6 Å². The first-order valence-electron chi connectivity index (χ1n) is 18.5. The predicted octanol–water partition coefficient (Wildman–Crippen LogP) is 9.08. The Morgan fingerprint density at radius 3 is 1.98 bits per heavy atom. The Bertz CT molecular complexity index is 1230. The molecule has 2 aliphatic heterocycles. The summed E-state index contributed by atoms with van der Waals surface area (Å²) >= 11 is 0. The summed E-state index contributed by atoms with van der Waals surface area (Å²) in [6, 6.07) is 21.7. The molecule has 2 aromatic rings. The molecule has 4 rings (SSSR count). The van der Waals surface area contributed by atoms with Crippen LogP contribution in [0.3, 0.4) is 0 Å². The van der Waals surface area contributed by atoms with Gasteiger partial charge in [0, 0.05) is 18.6 Å². The largest absolute Gasteiger partial charge is 0.405 e. The summed E-state index contributed by atoms with van der Waals surface area (Å²) in [6.45, 7) is 22.7. The Morgan fingerprint density at radius 1 is 0.878 bits per heavy atom. The van der Waals surface area contributed by atoms with E-state index in [0.717, 1.165) is 38.5 Å². The first-order valence-corrected chi connectivity index (χ1v) is 20.4. The van der Waals surface area contributed by atoms with Crippen molar-refractivity contribution in [3.63, 3.8) is 0 Å². The SMILES string of the molecule is C.CC(CCC[C@H](C)C(OC1CCCCO1)[C@@H](C)C(=O)C(C)(C)[C@@H]1CCOC(C)(C)O1)O[Si](c1ccccc1)(c1ccccc1)C(C)(C)C. The molecule has 2 aliphatic rings. The van der Waals surface area contributed by atoms with E-state index in [-0.39, 0.29) is 54.7 Å². The summed E-state index contributed by atoms with van der Waals surface area (Å²) in [7, 11) is -2.63. The zero-order chi connectivity index (χ0) is 35.2. The fourth-order valence-electron chi connectivity index (χ4n) is 7.93. The average molecular weight is 697 g/mol. The Kier molecular flexibility index (Phi) is 14.9. The van der Waals surface area contributed by atoms with Gasteiger partial charge in [-0.15, -0.1) is 0 Å². The molecule has 6 atom stereocenters. The van der Waals surface area contributed by atoms with Gasteiger partial charge in [0.15, 0.2) is 12.1 Å². The molecule has 0 aliphatic carbocycles. The molecule has 0 saturated carbocycles. The first kappa shape index (κ1) is 41.5. The summed E-state index contributed by atoms with van der Waals surface area (Å²) in [5, 5.41) is 2.54. The number of Topliss-reactive ketones (excluding diaryl/α,β-unsaturated/α-hetero) is 1. The minimum Gasteiger partial charge on any atom is -0.405 e. The molecule has 0 radical (unpaired) electrons. The van der Waals surface area contributed by atoms with Gasteiger partial charge < -0.3 is 23.4 Å².